The minimum atomic E-state index is 0.657. The first kappa shape index (κ1) is 31.5. The van der Waals surface area contributed by atoms with Gasteiger partial charge >= 0.3 is 0 Å². The van der Waals surface area contributed by atoms with Gasteiger partial charge in [0.2, 0.25) is 0 Å². The van der Waals surface area contributed by atoms with Gasteiger partial charge in [0.05, 0.1) is 0 Å². The Bertz CT molecular complexity index is 3510. The molecule has 0 aliphatic heterocycles. The van der Waals surface area contributed by atoms with Gasteiger partial charge < -0.3 is 0 Å². The molecule has 0 spiro atoms. The fourth-order valence-electron chi connectivity index (χ4n) is 8.55. The van der Waals surface area contributed by atoms with Crippen molar-refractivity contribution in [2.75, 3.05) is 0 Å². The lowest BCUT2D eigenvalue weighted by atomic mass is 9.90. The summed E-state index contributed by atoms with van der Waals surface area (Å²) in [5.74, 6) is 1.99. The maximum atomic E-state index is 5.33. The molecule has 0 saturated heterocycles. The molecule has 0 N–H and O–H groups in total. The highest BCUT2D eigenvalue weighted by Crippen LogP contribution is 2.45. The average Bonchev–Trinajstić information content (AvgIpc) is 3.85. The van der Waals surface area contributed by atoms with Crippen LogP contribution in [0, 0.1) is 0 Å². The van der Waals surface area contributed by atoms with Crippen molar-refractivity contribution in [2.24, 2.45) is 0 Å². The van der Waals surface area contributed by atoms with Crippen molar-refractivity contribution in [3.63, 3.8) is 0 Å². The number of benzene rings is 9. The first-order chi connectivity index (χ1) is 27.7. The second-order valence-electron chi connectivity index (χ2n) is 14.3. The summed E-state index contributed by atoms with van der Waals surface area (Å²) in [6.07, 6.45) is 0. The Labute approximate surface area is 329 Å². The Morgan fingerprint density at radius 1 is 0.286 bits per heavy atom. The Morgan fingerprint density at radius 3 is 1.57 bits per heavy atom. The quantitative estimate of drug-likeness (QED) is 0.168. The second-order valence-corrected chi connectivity index (χ2v) is 16.4. The van der Waals surface area contributed by atoms with E-state index in [0.717, 1.165) is 16.7 Å². The Morgan fingerprint density at radius 2 is 0.839 bits per heavy atom. The molecule has 3 nitrogen and oxygen atoms in total. The topological polar surface area (TPSA) is 38.7 Å². The van der Waals surface area contributed by atoms with E-state index in [1.807, 2.05) is 29.5 Å². The first-order valence-corrected chi connectivity index (χ1v) is 20.4. The molecular weight excluding hydrogens is 719 g/mol. The van der Waals surface area contributed by atoms with E-state index in [1.54, 1.807) is 11.3 Å². The molecule has 0 atom stereocenters. The molecule has 0 radical (unpaired) electrons. The van der Waals surface area contributed by atoms with Crippen molar-refractivity contribution >= 4 is 95.3 Å². The van der Waals surface area contributed by atoms with Gasteiger partial charge in [-0.2, -0.15) is 0 Å². The molecule has 3 heterocycles. The van der Waals surface area contributed by atoms with Gasteiger partial charge in [-0.3, -0.25) is 0 Å². The second kappa shape index (κ2) is 12.4. The smallest absolute Gasteiger partial charge is 0.165 e. The number of hydrogen-bond donors (Lipinski definition) is 0. The van der Waals surface area contributed by atoms with E-state index in [2.05, 4.69) is 158 Å². The molecule has 0 fully saturated rings. The molecule has 260 valence electrons. The van der Waals surface area contributed by atoms with Crippen molar-refractivity contribution in [3.05, 3.63) is 176 Å². The third-order valence-corrected chi connectivity index (χ3v) is 13.4. The number of nitrogens with zero attached hydrogens (tertiary/aromatic N) is 3. The molecule has 0 bridgehead atoms. The fraction of sp³-hybridized carbons (Fsp3) is 0. The average molecular weight is 748 g/mol. The van der Waals surface area contributed by atoms with Crippen molar-refractivity contribution in [2.45, 2.75) is 0 Å². The zero-order chi connectivity index (χ0) is 36.7. The molecule has 0 aliphatic carbocycles. The van der Waals surface area contributed by atoms with Gasteiger partial charge in [-0.1, -0.05) is 140 Å². The minimum Gasteiger partial charge on any atom is -0.208 e. The highest BCUT2D eigenvalue weighted by atomic mass is 32.1. The lowest BCUT2D eigenvalue weighted by Crippen LogP contribution is -2.00. The molecule has 0 saturated carbocycles. The SMILES string of the molecule is c1ccc(-c2nc(-c3cc(-c4ccc5c6ccccc6c6ccccc6c5c4)c4c(c3)sc3ccccc34)nc(-c3cccc4c3sc3ccccc34)n2)cc1. The lowest BCUT2D eigenvalue weighted by molar-refractivity contribution is 1.08. The molecule has 0 aliphatic rings. The molecule has 56 heavy (non-hydrogen) atoms. The summed E-state index contributed by atoms with van der Waals surface area (Å²) in [4.78, 5) is 15.7. The van der Waals surface area contributed by atoms with Gasteiger partial charge in [0.1, 0.15) is 0 Å². The lowest BCUT2D eigenvalue weighted by Gasteiger charge is -2.14. The zero-order valence-electron chi connectivity index (χ0n) is 29.9. The molecule has 9 aromatic carbocycles. The monoisotopic (exact) mass is 747 g/mol. The van der Waals surface area contributed by atoms with Crippen LogP contribution in [-0.4, -0.2) is 15.0 Å². The summed E-state index contributed by atoms with van der Waals surface area (Å²) in [7, 11) is 0. The number of aromatic nitrogens is 3. The van der Waals surface area contributed by atoms with Crippen LogP contribution in [0.1, 0.15) is 0 Å². The van der Waals surface area contributed by atoms with Crippen molar-refractivity contribution in [3.8, 4) is 45.3 Å². The maximum Gasteiger partial charge on any atom is 0.165 e. The van der Waals surface area contributed by atoms with E-state index < -0.39 is 0 Å². The third-order valence-electron chi connectivity index (χ3n) is 11.1. The molecule has 12 rings (SSSR count). The normalized spacial score (nSPS) is 11.9. The van der Waals surface area contributed by atoms with E-state index in [1.165, 1.54) is 83.8 Å². The van der Waals surface area contributed by atoms with Crippen LogP contribution in [0.4, 0.5) is 0 Å². The van der Waals surface area contributed by atoms with Crippen LogP contribution in [0.25, 0.3) is 118 Å². The summed E-state index contributed by atoms with van der Waals surface area (Å²) >= 11 is 3.62. The molecule has 0 unspecified atom stereocenters. The van der Waals surface area contributed by atoms with Gasteiger partial charge in [0.15, 0.2) is 17.5 Å². The van der Waals surface area contributed by atoms with Crippen molar-refractivity contribution < 1.29 is 0 Å². The van der Waals surface area contributed by atoms with Crippen LogP contribution < -0.4 is 0 Å². The minimum absolute atomic E-state index is 0.657. The van der Waals surface area contributed by atoms with Crippen LogP contribution in [-0.2, 0) is 0 Å². The number of thiophene rings is 2. The van der Waals surface area contributed by atoms with Gasteiger partial charge in [-0.05, 0) is 79.8 Å². The van der Waals surface area contributed by atoms with E-state index >= 15 is 0 Å². The first-order valence-electron chi connectivity index (χ1n) is 18.8. The summed E-state index contributed by atoms with van der Waals surface area (Å²) < 4.78 is 4.90. The third kappa shape index (κ3) is 4.85. The summed E-state index contributed by atoms with van der Waals surface area (Å²) in [5.41, 5.74) is 5.27. The predicted octanol–water partition coefficient (Wildman–Crippen LogP) is 14.7. The van der Waals surface area contributed by atoms with Crippen LogP contribution in [0.3, 0.4) is 0 Å². The van der Waals surface area contributed by atoms with Crippen molar-refractivity contribution in [1.29, 1.82) is 0 Å². The molecule has 12 aromatic rings. The van der Waals surface area contributed by atoms with E-state index in [0.29, 0.717) is 17.5 Å². The summed E-state index contributed by atoms with van der Waals surface area (Å²) in [5, 5.41) is 12.6. The largest absolute Gasteiger partial charge is 0.208 e. The van der Waals surface area contributed by atoms with Crippen LogP contribution in [0.2, 0.25) is 0 Å². The van der Waals surface area contributed by atoms with E-state index in [9.17, 15) is 0 Å². The van der Waals surface area contributed by atoms with Crippen LogP contribution in [0.5, 0.6) is 0 Å². The number of hydrogen-bond acceptors (Lipinski definition) is 5. The van der Waals surface area contributed by atoms with E-state index in [4.69, 9.17) is 15.0 Å². The highest BCUT2D eigenvalue weighted by Gasteiger charge is 2.20. The molecule has 3 aromatic heterocycles. The van der Waals surface area contributed by atoms with Crippen LogP contribution >= 0.6 is 22.7 Å². The Balaban J connectivity index is 1.14. The van der Waals surface area contributed by atoms with Gasteiger partial charge in [0.25, 0.3) is 0 Å². The summed E-state index contributed by atoms with van der Waals surface area (Å²) in [6.45, 7) is 0. The standard InChI is InChI=1S/C51H29N3S2/c1-2-13-30(14-3-1)49-52-50(54-51(53-49)41-22-12-21-39-38-19-8-10-23-44(38)56-48(39)41)32-28-42(47-40-20-9-11-24-45(40)55-46(47)29-32)31-25-26-37-35-17-5-4-15-33(35)34-16-6-7-18-36(34)43(37)27-31/h1-29H. The fourth-order valence-corrected chi connectivity index (χ4v) is 10.9. The number of rotatable bonds is 4. The number of fused-ring (bicyclic) bond motifs is 12. The van der Waals surface area contributed by atoms with Gasteiger partial charge in [-0.25, -0.2) is 15.0 Å². The van der Waals surface area contributed by atoms with Crippen molar-refractivity contribution in [1.82, 2.24) is 15.0 Å². The Hall–Kier alpha value is -6.79. The zero-order valence-corrected chi connectivity index (χ0v) is 31.5. The predicted molar refractivity (Wildman–Crippen MR) is 240 cm³/mol. The van der Waals surface area contributed by atoms with Gasteiger partial charge in [-0.15, -0.1) is 22.7 Å². The molecule has 5 heteroatoms. The summed E-state index contributed by atoms with van der Waals surface area (Å²) in [6, 6.07) is 63.2. The highest BCUT2D eigenvalue weighted by molar-refractivity contribution is 7.26. The Kier molecular flexibility index (Phi) is 6.97. The van der Waals surface area contributed by atoms with E-state index in [-0.39, 0.29) is 0 Å². The maximum absolute atomic E-state index is 5.33. The van der Waals surface area contributed by atoms with Gasteiger partial charge in [0, 0.05) is 57.0 Å². The molecular formula is C51H29N3S2. The molecule has 0 amide bonds. The van der Waals surface area contributed by atoms with Crippen LogP contribution in [0.15, 0.2) is 176 Å².